The van der Waals surface area contributed by atoms with Gasteiger partial charge in [0.15, 0.2) is 0 Å². The highest BCUT2D eigenvalue weighted by molar-refractivity contribution is 5.45. The van der Waals surface area contributed by atoms with Crippen LogP contribution in [0.5, 0.6) is 0 Å². The Morgan fingerprint density at radius 3 is 1.24 bits per heavy atom. The molecule has 2 heterocycles. The fraction of sp³-hybridized carbons (Fsp3) is 0.647. The zero-order valence-electron chi connectivity index (χ0n) is 25.9. The van der Waals surface area contributed by atoms with Crippen LogP contribution in [0.4, 0.5) is 0 Å². The molecule has 0 aliphatic carbocycles. The molecule has 0 amide bonds. The normalized spacial score (nSPS) is 24.7. The van der Waals surface area contributed by atoms with Crippen molar-refractivity contribution in [3.05, 3.63) is 67.8 Å². The highest BCUT2D eigenvalue weighted by atomic mass is 16.3. The van der Waals surface area contributed by atoms with Gasteiger partial charge in [-0.15, -0.1) is 0 Å². The summed E-state index contributed by atoms with van der Waals surface area (Å²) in [6.45, 7) is 21.5. The molecule has 2 aromatic carbocycles. The third-order valence-corrected chi connectivity index (χ3v) is 9.99. The molecule has 4 atom stereocenters. The molecule has 2 N–H and O–H groups in total. The quantitative estimate of drug-likeness (QED) is 0.553. The number of aliphatic hydroxyl groups is 2. The van der Waals surface area contributed by atoms with E-state index in [9.17, 15) is 10.2 Å². The first-order valence-corrected chi connectivity index (χ1v) is 14.7. The summed E-state index contributed by atoms with van der Waals surface area (Å²) in [7, 11) is 4.18. The van der Waals surface area contributed by atoms with Crippen molar-refractivity contribution < 1.29 is 10.2 Å². The zero-order chi connectivity index (χ0) is 28.3. The van der Waals surface area contributed by atoms with E-state index < -0.39 is 0 Å². The van der Waals surface area contributed by atoms with Crippen molar-refractivity contribution in [1.29, 1.82) is 0 Å². The van der Waals surface area contributed by atoms with Crippen LogP contribution in [0.2, 0.25) is 0 Å². The van der Waals surface area contributed by atoms with E-state index in [-0.39, 0.29) is 12.2 Å². The first-order valence-electron chi connectivity index (χ1n) is 14.7. The van der Waals surface area contributed by atoms with Gasteiger partial charge in [-0.05, 0) is 176 Å². The van der Waals surface area contributed by atoms with Crippen molar-refractivity contribution in [2.24, 2.45) is 11.8 Å². The summed E-state index contributed by atoms with van der Waals surface area (Å²) in [6, 6.07) is 4.64. The molecule has 2 unspecified atom stereocenters. The van der Waals surface area contributed by atoms with Crippen molar-refractivity contribution in [1.82, 2.24) is 9.80 Å². The minimum Gasteiger partial charge on any atom is -0.391 e. The lowest BCUT2D eigenvalue weighted by Crippen LogP contribution is -2.42. The summed E-state index contributed by atoms with van der Waals surface area (Å²) in [5, 5.41) is 20.5. The molecule has 212 valence electrons. The number of likely N-dealkylation sites (N-methyl/N-ethyl adjacent to an activating group) is 2. The highest BCUT2D eigenvalue weighted by Gasteiger charge is 2.27. The fourth-order valence-electron chi connectivity index (χ4n) is 6.33. The minimum atomic E-state index is -0.180. The van der Waals surface area contributed by atoms with Gasteiger partial charge in [-0.3, -0.25) is 0 Å². The Bertz CT molecular complexity index is 1020. The van der Waals surface area contributed by atoms with Crippen LogP contribution in [0, 0.1) is 67.2 Å². The monoisotopic (exact) mass is 522 g/mol. The topological polar surface area (TPSA) is 46.9 Å². The lowest BCUT2D eigenvalue weighted by atomic mass is 9.84. The molecule has 4 nitrogen and oxygen atoms in total. The Kier molecular flexibility index (Phi) is 10.6. The van der Waals surface area contributed by atoms with Gasteiger partial charge >= 0.3 is 0 Å². The number of piperidine rings is 2. The van der Waals surface area contributed by atoms with Crippen molar-refractivity contribution in [2.45, 2.75) is 93.3 Å². The van der Waals surface area contributed by atoms with Gasteiger partial charge in [-0.25, -0.2) is 0 Å². The second-order valence-electron chi connectivity index (χ2n) is 12.6. The smallest absolute Gasteiger partial charge is 0.0698 e. The van der Waals surface area contributed by atoms with Crippen LogP contribution in [0.1, 0.15) is 68.5 Å². The van der Waals surface area contributed by atoms with Gasteiger partial charge in [0.2, 0.25) is 0 Å². The van der Waals surface area contributed by atoms with Crippen LogP contribution in [0.25, 0.3) is 0 Å². The predicted octanol–water partition coefficient (Wildman–Crippen LogP) is 5.55. The van der Waals surface area contributed by atoms with Crippen LogP contribution >= 0.6 is 0 Å². The van der Waals surface area contributed by atoms with E-state index in [0.29, 0.717) is 11.8 Å². The average Bonchev–Trinajstić information content (AvgIpc) is 2.86. The number of aliphatic hydroxyl groups excluding tert-OH is 2. The Morgan fingerprint density at radius 1 is 0.579 bits per heavy atom. The van der Waals surface area contributed by atoms with E-state index in [1.807, 2.05) is 0 Å². The van der Waals surface area contributed by atoms with Crippen LogP contribution in [-0.4, -0.2) is 72.5 Å². The van der Waals surface area contributed by atoms with Gasteiger partial charge in [0.25, 0.3) is 0 Å². The number of rotatable bonds is 4. The largest absolute Gasteiger partial charge is 0.391 e. The summed E-state index contributed by atoms with van der Waals surface area (Å²) in [5.41, 5.74) is 14.1. The van der Waals surface area contributed by atoms with Crippen LogP contribution in [-0.2, 0) is 12.8 Å². The van der Waals surface area contributed by atoms with E-state index in [2.05, 4.69) is 91.4 Å². The molecule has 0 aromatic heterocycles. The van der Waals surface area contributed by atoms with E-state index >= 15 is 0 Å². The molecule has 4 rings (SSSR count). The Morgan fingerprint density at radius 2 is 0.921 bits per heavy atom. The second kappa shape index (κ2) is 13.1. The third-order valence-electron chi connectivity index (χ3n) is 9.99. The maximum atomic E-state index is 10.2. The molecule has 0 radical (unpaired) electrons. The van der Waals surface area contributed by atoms with E-state index in [4.69, 9.17) is 0 Å². The number of hydrogen-bond acceptors (Lipinski definition) is 4. The van der Waals surface area contributed by atoms with Gasteiger partial charge < -0.3 is 20.0 Å². The van der Waals surface area contributed by atoms with Crippen molar-refractivity contribution in [2.75, 3.05) is 40.3 Å². The van der Waals surface area contributed by atoms with Crippen molar-refractivity contribution in [3.8, 4) is 0 Å². The molecule has 2 saturated heterocycles. The standard InChI is InChI=1S/2C17H27NO/c2*1-11-8-16(14(4)13(3)12(11)2)9-15-6-7-18(5)10-17(15)19/h2*8,15,17,19H,6-7,9-10H2,1-5H3/t15-,17-;/m1./s1. The lowest BCUT2D eigenvalue weighted by Gasteiger charge is -2.34. The van der Waals surface area contributed by atoms with E-state index in [1.165, 1.54) is 55.6 Å². The molecule has 38 heavy (non-hydrogen) atoms. The SMILES string of the molecule is Cc1cc(CC2CCN(C)CC2O)c(C)c(C)c1C.Cc1cc(C[C@H]2CCN(C)C[C@H]2O)c(C)c(C)c1C. The summed E-state index contributed by atoms with van der Waals surface area (Å²) < 4.78 is 0. The second-order valence-corrected chi connectivity index (χ2v) is 12.6. The first-order chi connectivity index (χ1) is 17.8. The molecule has 2 aliphatic rings. The number of aryl methyl sites for hydroxylation is 2. The number of β-amino-alcohol motifs (C(OH)–C–C–N with tert-alkyl or cyclic N) is 2. The molecule has 2 fully saturated rings. The molecular formula is C34H54N2O2. The number of benzene rings is 2. The Balaban J connectivity index is 0.000000211. The van der Waals surface area contributed by atoms with Gasteiger partial charge in [-0.1, -0.05) is 12.1 Å². The summed E-state index contributed by atoms with van der Waals surface area (Å²) in [4.78, 5) is 4.44. The number of hydrogen-bond donors (Lipinski definition) is 2. The number of nitrogens with zero attached hydrogens (tertiary/aromatic N) is 2. The van der Waals surface area contributed by atoms with Crippen LogP contribution < -0.4 is 0 Å². The average molecular weight is 523 g/mol. The van der Waals surface area contributed by atoms with Crippen molar-refractivity contribution >= 4 is 0 Å². The summed E-state index contributed by atoms with van der Waals surface area (Å²) in [6.07, 6.45) is 3.87. The molecule has 0 bridgehead atoms. The maximum Gasteiger partial charge on any atom is 0.0698 e. The molecule has 0 saturated carbocycles. The van der Waals surface area contributed by atoms with Crippen LogP contribution in [0.15, 0.2) is 12.1 Å². The van der Waals surface area contributed by atoms with E-state index in [0.717, 1.165) is 51.9 Å². The lowest BCUT2D eigenvalue weighted by molar-refractivity contribution is 0.0324. The number of likely N-dealkylation sites (tertiary alicyclic amines) is 2. The minimum absolute atomic E-state index is 0.180. The van der Waals surface area contributed by atoms with Crippen LogP contribution in [0.3, 0.4) is 0 Å². The Labute approximate surface area is 233 Å². The molecule has 4 heteroatoms. The van der Waals surface area contributed by atoms with Gasteiger partial charge in [0.05, 0.1) is 12.2 Å². The van der Waals surface area contributed by atoms with Crippen molar-refractivity contribution in [3.63, 3.8) is 0 Å². The van der Waals surface area contributed by atoms with Gasteiger partial charge in [0.1, 0.15) is 0 Å². The fourth-order valence-corrected chi connectivity index (χ4v) is 6.33. The van der Waals surface area contributed by atoms with E-state index in [1.54, 1.807) is 0 Å². The molecule has 2 aliphatic heterocycles. The third kappa shape index (κ3) is 7.27. The predicted molar refractivity (Wildman–Crippen MR) is 161 cm³/mol. The molecular weight excluding hydrogens is 468 g/mol. The van der Waals surface area contributed by atoms with Gasteiger partial charge in [0, 0.05) is 13.1 Å². The summed E-state index contributed by atoms with van der Waals surface area (Å²) in [5.74, 6) is 0.827. The molecule has 0 spiro atoms. The summed E-state index contributed by atoms with van der Waals surface area (Å²) >= 11 is 0. The highest BCUT2D eigenvalue weighted by Crippen LogP contribution is 2.28. The first kappa shape index (κ1) is 30.8. The molecule has 2 aromatic rings. The zero-order valence-corrected chi connectivity index (χ0v) is 25.9. The Hall–Kier alpha value is -1.72. The maximum absolute atomic E-state index is 10.2. The van der Waals surface area contributed by atoms with Gasteiger partial charge in [-0.2, -0.15) is 0 Å².